The van der Waals surface area contributed by atoms with Crippen molar-refractivity contribution in [3.8, 4) is 17.4 Å². The van der Waals surface area contributed by atoms with Gasteiger partial charge in [-0.3, -0.25) is 14.3 Å². The molecule has 0 saturated heterocycles. The standard InChI is InChI=1S/C19H25N3O4S/c1-5-10(2)22-18(24)15(17(23)21-19(22)27)16-12-9-14(26-4)13(25-3)8-11(12)6-7-20-16/h8-10,16,20,24H,5-7H2,1-4H3,(H,21,23,27)/t10-,16+/m0/s1. The number of hydrogen-bond acceptors (Lipinski definition) is 6. The van der Waals surface area contributed by atoms with Crippen LogP contribution in [0.5, 0.6) is 17.4 Å². The number of ether oxygens (including phenoxy) is 2. The van der Waals surface area contributed by atoms with Crippen molar-refractivity contribution in [3.05, 3.63) is 43.9 Å². The number of methoxy groups -OCH3 is 2. The van der Waals surface area contributed by atoms with E-state index in [0.29, 0.717) is 18.0 Å². The second-order valence-electron chi connectivity index (χ2n) is 6.67. The Kier molecular flexibility index (Phi) is 5.57. The number of hydrogen-bond donors (Lipinski definition) is 3. The van der Waals surface area contributed by atoms with Crippen molar-refractivity contribution in [2.45, 2.75) is 38.8 Å². The number of aromatic amines is 1. The van der Waals surface area contributed by atoms with Crippen molar-refractivity contribution in [1.82, 2.24) is 14.9 Å². The van der Waals surface area contributed by atoms with Gasteiger partial charge in [0.15, 0.2) is 16.3 Å². The largest absolute Gasteiger partial charge is 0.494 e. The number of nitrogens with zero attached hydrogens (tertiary/aromatic N) is 1. The summed E-state index contributed by atoms with van der Waals surface area (Å²) in [5.41, 5.74) is 1.80. The summed E-state index contributed by atoms with van der Waals surface area (Å²) in [4.78, 5) is 15.4. The first-order valence-corrected chi connectivity index (χ1v) is 9.39. The average molecular weight is 391 g/mol. The Balaban J connectivity index is 2.23. The minimum Gasteiger partial charge on any atom is -0.494 e. The summed E-state index contributed by atoms with van der Waals surface area (Å²) in [5.74, 6) is 1.12. The van der Waals surface area contributed by atoms with Crippen molar-refractivity contribution in [2.24, 2.45) is 0 Å². The first kappa shape index (κ1) is 19.4. The molecule has 0 saturated carbocycles. The highest BCUT2D eigenvalue weighted by molar-refractivity contribution is 7.71. The summed E-state index contributed by atoms with van der Waals surface area (Å²) in [7, 11) is 3.17. The van der Waals surface area contributed by atoms with Crippen molar-refractivity contribution < 1.29 is 14.6 Å². The molecule has 0 radical (unpaired) electrons. The summed E-state index contributed by atoms with van der Waals surface area (Å²) < 4.78 is 12.6. The summed E-state index contributed by atoms with van der Waals surface area (Å²) in [5, 5.41) is 14.3. The normalized spacial score (nSPS) is 17.3. The lowest BCUT2D eigenvalue weighted by atomic mass is 9.90. The third-order valence-corrected chi connectivity index (χ3v) is 5.47. The van der Waals surface area contributed by atoms with Gasteiger partial charge in [-0.1, -0.05) is 6.92 Å². The zero-order valence-corrected chi connectivity index (χ0v) is 16.8. The predicted molar refractivity (Wildman–Crippen MR) is 106 cm³/mol. The summed E-state index contributed by atoms with van der Waals surface area (Å²) >= 11 is 5.27. The molecule has 1 aromatic heterocycles. The van der Waals surface area contributed by atoms with E-state index >= 15 is 0 Å². The van der Waals surface area contributed by atoms with Crippen molar-refractivity contribution >= 4 is 12.2 Å². The minimum atomic E-state index is -0.469. The molecule has 7 nitrogen and oxygen atoms in total. The summed E-state index contributed by atoms with van der Waals surface area (Å²) in [6.45, 7) is 4.63. The van der Waals surface area contributed by atoms with Crippen LogP contribution in [-0.2, 0) is 6.42 Å². The molecule has 2 aromatic rings. The molecule has 0 bridgehead atoms. The molecule has 3 N–H and O–H groups in total. The molecule has 27 heavy (non-hydrogen) atoms. The van der Waals surface area contributed by atoms with Gasteiger partial charge in [0, 0.05) is 12.6 Å². The van der Waals surface area contributed by atoms with Crippen LogP contribution in [-0.4, -0.2) is 35.4 Å². The van der Waals surface area contributed by atoms with Crippen molar-refractivity contribution in [1.29, 1.82) is 0 Å². The smallest absolute Gasteiger partial charge is 0.260 e. The fourth-order valence-corrected chi connectivity index (χ4v) is 3.90. The molecule has 1 aliphatic rings. The monoisotopic (exact) mass is 391 g/mol. The number of aromatic hydroxyl groups is 1. The van der Waals surface area contributed by atoms with Crippen LogP contribution >= 0.6 is 12.2 Å². The third kappa shape index (κ3) is 3.35. The highest BCUT2D eigenvalue weighted by Gasteiger charge is 2.30. The van der Waals surface area contributed by atoms with E-state index in [1.54, 1.807) is 18.8 Å². The number of nitrogens with one attached hydrogen (secondary N) is 2. The highest BCUT2D eigenvalue weighted by atomic mass is 32.1. The fourth-order valence-electron chi connectivity index (χ4n) is 3.54. The lowest BCUT2D eigenvalue weighted by Gasteiger charge is -2.29. The van der Waals surface area contributed by atoms with Crippen LogP contribution in [0.2, 0.25) is 0 Å². The van der Waals surface area contributed by atoms with Crippen LogP contribution in [0, 0.1) is 4.77 Å². The molecular formula is C19H25N3O4S. The van der Waals surface area contributed by atoms with Gasteiger partial charge in [-0.05, 0) is 55.2 Å². The second kappa shape index (κ2) is 7.74. The molecule has 0 amide bonds. The zero-order chi connectivity index (χ0) is 19.7. The van der Waals surface area contributed by atoms with E-state index in [9.17, 15) is 9.90 Å². The molecule has 1 aliphatic heterocycles. The van der Waals surface area contributed by atoms with Crippen molar-refractivity contribution in [3.63, 3.8) is 0 Å². The van der Waals surface area contributed by atoms with Gasteiger partial charge in [-0.15, -0.1) is 0 Å². The molecule has 3 rings (SSSR count). The number of H-pyrrole nitrogens is 1. The molecule has 0 spiro atoms. The van der Waals surface area contributed by atoms with Crippen LogP contribution in [0.4, 0.5) is 0 Å². The number of aromatic nitrogens is 2. The molecule has 1 aromatic carbocycles. The maximum Gasteiger partial charge on any atom is 0.260 e. The Hall–Kier alpha value is -2.32. The SMILES string of the molecule is CC[C@H](C)n1c(O)c([C@@H]2NCCc3cc(OC)c(OC)cc32)c(=O)[nH]c1=S. The van der Waals surface area contributed by atoms with Gasteiger partial charge >= 0.3 is 0 Å². The first-order chi connectivity index (χ1) is 12.9. The van der Waals surface area contributed by atoms with Crippen molar-refractivity contribution in [2.75, 3.05) is 20.8 Å². The molecule has 0 fully saturated rings. The fraction of sp³-hybridized carbons (Fsp3) is 0.474. The quantitative estimate of drug-likeness (QED) is 0.680. The third-order valence-electron chi connectivity index (χ3n) is 5.17. The van der Waals surface area contributed by atoms with Crippen LogP contribution in [0.1, 0.15) is 49.0 Å². The van der Waals surface area contributed by atoms with Crippen LogP contribution in [0.25, 0.3) is 0 Å². The van der Waals surface area contributed by atoms with Gasteiger partial charge in [0.2, 0.25) is 5.88 Å². The van der Waals surface area contributed by atoms with Crippen LogP contribution in [0.3, 0.4) is 0 Å². The van der Waals surface area contributed by atoms with Gasteiger partial charge < -0.3 is 19.9 Å². The Morgan fingerprint density at radius 2 is 2.00 bits per heavy atom. The van der Waals surface area contributed by atoms with E-state index in [-0.39, 0.29) is 22.3 Å². The van der Waals surface area contributed by atoms with Gasteiger partial charge in [-0.2, -0.15) is 0 Å². The summed E-state index contributed by atoms with van der Waals surface area (Å²) in [6.07, 6.45) is 1.56. The van der Waals surface area contributed by atoms with Gasteiger partial charge in [-0.25, -0.2) is 0 Å². The lowest BCUT2D eigenvalue weighted by molar-refractivity contribution is 0.350. The number of rotatable bonds is 5. The maximum atomic E-state index is 12.7. The second-order valence-corrected chi connectivity index (χ2v) is 7.05. The van der Waals surface area contributed by atoms with E-state index < -0.39 is 11.6 Å². The van der Waals surface area contributed by atoms with E-state index in [2.05, 4.69) is 10.3 Å². The Morgan fingerprint density at radius 3 is 2.63 bits per heavy atom. The topological polar surface area (TPSA) is 88.5 Å². The number of fused-ring (bicyclic) bond motifs is 1. The summed E-state index contributed by atoms with van der Waals surface area (Å²) in [6, 6.07) is 3.28. The highest BCUT2D eigenvalue weighted by Crippen LogP contribution is 2.38. The van der Waals surface area contributed by atoms with E-state index in [1.807, 2.05) is 26.0 Å². The molecule has 2 atom stereocenters. The van der Waals surface area contributed by atoms with Crippen LogP contribution in [0.15, 0.2) is 16.9 Å². The van der Waals surface area contributed by atoms with E-state index in [0.717, 1.165) is 24.0 Å². The van der Waals surface area contributed by atoms with Gasteiger partial charge in [0.25, 0.3) is 5.56 Å². The lowest BCUT2D eigenvalue weighted by Crippen LogP contribution is -2.35. The maximum absolute atomic E-state index is 12.7. The zero-order valence-electron chi connectivity index (χ0n) is 16.0. The minimum absolute atomic E-state index is 0.0402. The Labute approximate surface area is 163 Å². The Bertz CT molecular complexity index is 967. The molecule has 0 aliphatic carbocycles. The molecular weight excluding hydrogens is 366 g/mol. The van der Waals surface area contributed by atoms with Gasteiger partial charge in [0.05, 0.1) is 25.8 Å². The van der Waals surface area contributed by atoms with E-state index in [4.69, 9.17) is 21.7 Å². The van der Waals surface area contributed by atoms with Crippen LogP contribution < -0.4 is 20.3 Å². The molecule has 146 valence electrons. The number of benzene rings is 1. The first-order valence-electron chi connectivity index (χ1n) is 8.98. The molecule has 0 unspecified atom stereocenters. The average Bonchev–Trinajstić information content (AvgIpc) is 2.66. The van der Waals surface area contributed by atoms with E-state index in [1.165, 1.54) is 0 Å². The Morgan fingerprint density at radius 1 is 1.33 bits per heavy atom. The molecule has 2 heterocycles. The molecule has 8 heteroatoms. The predicted octanol–water partition coefficient (Wildman–Crippen LogP) is 2.83. The van der Waals surface area contributed by atoms with Gasteiger partial charge in [0.1, 0.15) is 0 Å².